The molecule has 2 rings (SSSR count). The number of ether oxygens (including phenoxy) is 1. The smallest absolute Gasteiger partial charge is 0.254 e. The fraction of sp³-hybridized carbons (Fsp3) is 0.375. The zero-order valence-corrected chi connectivity index (χ0v) is 15.6. The Bertz CT molecular complexity index is 742. The molecule has 0 fully saturated rings. The van der Waals surface area contributed by atoms with Gasteiger partial charge in [0.1, 0.15) is 6.10 Å². The Hall–Kier alpha value is -1.01. The molecule has 1 aromatic heterocycles. The minimum absolute atomic E-state index is 0.191. The predicted molar refractivity (Wildman–Crippen MR) is 95.9 cm³/mol. The SMILES string of the molecule is COC(c1nc(SC(C)C)[nH]c(=O)c1C)c1c(Cl)cccc1Cl. The average Bonchev–Trinajstić information content (AvgIpc) is 2.46. The van der Waals surface area contributed by atoms with Crippen molar-refractivity contribution in [2.45, 2.75) is 37.3 Å². The molecule has 1 heterocycles. The highest BCUT2D eigenvalue weighted by Crippen LogP contribution is 2.36. The van der Waals surface area contributed by atoms with Crippen LogP contribution in [0.15, 0.2) is 28.2 Å². The van der Waals surface area contributed by atoms with Crippen LogP contribution >= 0.6 is 35.0 Å². The van der Waals surface area contributed by atoms with Gasteiger partial charge in [-0.05, 0) is 19.1 Å². The summed E-state index contributed by atoms with van der Waals surface area (Å²) in [5.41, 5.74) is 1.43. The van der Waals surface area contributed by atoms with Gasteiger partial charge in [-0.25, -0.2) is 4.98 Å². The molecule has 0 aliphatic heterocycles. The number of benzene rings is 1. The number of halogens is 2. The third kappa shape index (κ3) is 4.10. The number of thioether (sulfide) groups is 1. The molecule has 124 valence electrons. The molecule has 0 bridgehead atoms. The van der Waals surface area contributed by atoms with Gasteiger partial charge in [-0.2, -0.15) is 0 Å². The first-order chi connectivity index (χ1) is 10.8. The van der Waals surface area contributed by atoms with E-state index in [2.05, 4.69) is 9.97 Å². The van der Waals surface area contributed by atoms with Gasteiger partial charge in [0.25, 0.3) is 5.56 Å². The van der Waals surface area contributed by atoms with E-state index < -0.39 is 6.10 Å². The lowest BCUT2D eigenvalue weighted by atomic mass is 10.0. The molecular formula is C16H18Cl2N2O2S. The number of H-pyrrole nitrogens is 1. The summed E-state index contributed by atoms with van der Waals surface area (Å²) in [5, 5.41) is 1.79. The Balaban J connectivity index is 2.62. The van der Waals surface area contributed by atoms with Crippen molar-refractivity contribution in [3.8, 4) is 0 Å². The molecule has 0 aliphatic carbocycles. The number of methoxy groups -OCH3 is 1. The molecule has 4 nitrogen and oxygen atoms in total. The van der Waals surface area contributed by atoms with E-state index in [9.17, 15) is 4.79 Å². The molecule has 0 saturated heterocycles. The predicted octanol–water partition coefficient (Wildman–Crippen LogP) is 4.62. The van der Waals surface area contributed by atoms with Crippen molar-refractivity contribution >= 4 is 35.0 Å². The molecule has 0 radical (unpaired) electrons. The number of rotatable bonds is 5. The van der Waals surface area contributed by atoms with Gasteiger partial charge in [0, 0.05) is 33.5 Å². The van der Waals surface area contributed by atoms with E-state index in [-0.39, 0.29) is 5.56 Å². The van der Waals surface area contributed by atoms with Crippen molar-refractivity contribution in [2.75, 3.05) is 7.11 Å². The summed E-state index contributed by atoms with van der Waals surface area (Å²) < 4.78 is 5.59. The second-order valence-electron chi connectivity index (χ2n) is 5.30. The molecule has 23 heavy (non-hydrogen) atoms. The van der Waals surface area contributed by atoms with Crippen LogP contribution in [0, 0.1) is 6.92 Å². The van der Waals surface area contributed by atoms with E-state index in [1.165, 1.54) is 11.8 Å². The Morgan fingerprint density at radius 3 is 2.39 bits per heavy atom. The second-order valence-corrected chi connectivity index (χ2v) is 7.68. The topological polar surface area (TPSA) is 55.0 Å². The number of nitrogens with zero attached hydrogens (tertiary/aromatic N) is 1. The Labute approximate surface area is 149 Å². The van der Waals surface area contributed by atoms with Crippen LogP contribution in [0.4, 0.5) is 0 Å². The highest BCUT2D eigenvalue weighted by atomic mass is 35.5. The third-order valence-electron chi connectivity index (χ3n) is 3.26. The summed E-state index contributed by atoms with van der Waals surface area (Å²) in [7, 11) is 1.54. The highest BCUT2D eigenvalue weighted by Gasteiger charge is 2.24. The molecule has 1 unspecified atom stereocenters. The first kappa shape index (κ1) is 18.3. The minimum atomic E-state index is -0.606. The summed E-state index contributed by atoms with van der Waals surface area (Å²) in [4.78, 5) is 19.6. The first-order valence-electron chi connectivity index (χ1n) is 7.09. The normalized spacial score (nSPS) is 12.7. The maximum Gasteiger partial charge on any atom is 0.254 e. The fourth-order valence-electron chi connectivity index (χ4n) is 2.19. The van der Waals surface area contributed by atoms with Crippen LogP contribution in [0.25, 0.3) is 0 Å². The van der Waals surface area contributed by atoms with Crippen LogP contribution in [0.1, 0.15) is 36.8 Å². The summed E-state index contributed by atoms with van der Waals surface area (Å²) in [5.74, 6) is 0. The van der Waals surface area contributed by atoms with E-state index in [1.54, 1.807) is 32.2 Å². The van der Waals surface area contributed by atoms with Gasteiger partial charge in [0.05, 0.1) is 5.69 Å². The number of aromatic nitrogens is 2. The van der Waals surface area contributed by atoms with Crippen LogP contribution in [-0.2, 0) is 4.74 Å². The molecule has 0 spiro atoms. The van der Waals surface area contributed by atoms with Crippen molar-refractivity contribution in [1.82, 2.24) is 9.97 Å². The zero-order valence-electron chi connectivity index (χ0n) is 13.3. The largest absolute Gasteiger partial charge is 0.370 e. The maximum absolute atomic E-state index is 12.2. The summed E-state index contributed by atoms with van der Waals surface area (Å²) >= 11 is 14.1. The summed E-state index contributed by atoms with van der Waals surface area (Å²) in [6, 6.07) is 5.24. The molecule has 1 N–H and O–H groups in total. The summed E-state index contributed by atoms with van der Waals surface area (Å²) in [6.07, 6.45) is -0.606. The van der Waals surface area contributed by atoms with Gasteiger partial charge >= 0.3 is 0 Å². The molecule has 0 aliphatic rings. The average molecular weight is 373 g/mol. The zero-order chi connectivity index (χ0) is 17.1. The van der Waals surface area contributed by atoms with E-state index in [4.69, 9.17) is 27.9 Å². The Morgan fingerprint density at radius 2 is 1.87 bits per heavy atom. The van der Waals surface area contributed by atoms with Crippen molar-refractivity contribution in [2.24, 2.45) is 0 Å². The molecule has 1 atom stereocenters. The first-order valence-corrected chi connectivity index (χ1v) is 8.72. The molecule has 0 saturated carbocycles. The molecule has 2 aromatic rings. The lowest BCUT2D eigenvalue weighted by molar-refractivity contribution is 0.131. The van der Waals surface area contributed by atoms with Gasteiger partial charge in [0.2, 0.25) is 0 Å². The van der Waals surface area contributed by atoms with E-state index in [1.807, 2.05) is 13.8 Å². The van der Waals surface area contributed by atoms with E-state index >= 15 is 0 Å². The van der Waals surface area contributed by atoms with Crippen molar-refractivity contribution in [1.29, 1.82) is 0 Å². The van der Waals surface area contributed by atoms with E-state index in [0.717, 1.165) is 0 Å². The van der Waals surface area contributed by atoms with Crippen LogP contribution in [0.5, 0.6) is 0 Å². The summed E-state index contributed by atoms with van der Waals surface area (Å²) in [6.45, 7) is 5.77. The monoisotopic (exact) mass is 372 g/mol. The molecular weight excluding hydrogens is 355 g/mol. The number of hydrogen-bond acceptors (Lipinski definition) is 4. The van der Waals surface area contributed by atoms with Crippen LogP contribution in [-0.4, -0.2) is 22.3 Å². The quantitative estimate of drug-likeness (QED) is 0.614. The van der Waals surface area contributed by atoms with Gasteiger partial charge in [-0.3, -0.25) is 4.79 Å². The van der Waals surface area contributed by atoms with Gasteiger partial charge in [-0.15, -0.1) is 0 Å². The second kappa shape index (κ2) is 7.71. The van der Waals surface area contributed by atoms with Crippen molar-refractivity contribution < 1.29 is 4.74 Å². The standard InChI is InChI=1S/C16H18Cl2N2O2S/c1-8(2)23-16-19-13(9(3)15(21)20-16)14(22-4)12-10(17)6-5-7-11(12)18/h5-8,14H,1-4H3,(H,19,20,21). The van der Waals surface area contributed by atoms with Crippen LogP contribution in [0.2, 0.25) is 10.0 Å². The van der Waals surface area contributed by atoms with E-state index in [0.29, 0.717) is 37.3 Å². The number of hydrogen-bond donors (Lipinski definition) is 1. The maximum atomic E-state index is 12.2. The van der Waals surface area contributed by atoms with Crippen molar-refractivity contribution in [3.05, 3.63) is 55.4 Å². The fourth-order valence-corrected chi connectivity index (χ4v) is 3.53. The number of nitrogens with one attached hydrogen (secondary N) is 1. The third-order valence-corrected chi connectivity index (χ3v) is 4.81. The molecule has 0 amide bonds. The minimum Gasteiger partial charge on any atom is -0.370 e. The van der Waals surface area contributed by atoms with Gasteiger partial charge < -0.3 is 9.72 Å². The van der Waals surface area contributed by atoms with Gasteiger partial charge in [-0.1, -0.05) is 54.9 Å². The molecule has 1 aromatic carbocycles. The van der Waals surface area contributed by atoms with Crippen LogP contribution in [0.3, 0.4) is 0 Å². The Morgan fingerprint density at radius 1 is 1.26 bits per heavy atom. The lowest BCUT2D eigenvalue weighted by Crippen LogP contribution is -2.20. The number of aromatic amines is 1. The van der Waals surface area contributed by atoms with Crippen molar-refractivity contribution in [3.63, 3.8) is 0 Å². The van der Waals surface area contributed by atoms with Crippen LogP contribution < -0.4 is 5.56 Å². The Kier molecular flexibility index (Phi) is 6.14. The van der Waals surface area contributed by atoms with Gasteiger partial charge in [0.15, 0.2) is 5.16 Å². The lowest BCUT2D eigenvalue weighted by Gasteiger charge is -2.20. The molecule has 7 heteroatoms. The highest BCUT2D eigenvalue weighted by molar-refractivity contribution is 7.99.